The van der Waals surface area contributed by atoms with E-state index in [4.69, 9.17) is 12.2 Å². The molecule has 0 aliphatic carbocycles. The van der Waals surface area contributed by atoms with E-state index in [2.05, 4.69) is 64.3 Å². The van der Waals surface area contributed by atoms with Gasteiger partial charge in [0.1, 0.15) is 5.82 Å². The summed E-state index contributed by atoms with van der Waals surface area (Å²) in [6, 6.07) is 14.7. The van der Waals surface area contributed by atoms with Gasteiger partial charge in [-0.3, -0.25) is 0 Å². The number of anilines is 2. The van der Waals surface area contributed by atoms with Crippen molar-refractivity contribution in [2.24, 2.45) is 0 Å². The second-order valence-electron chi connectivity index (χ2n) is 6.52. The second-order valence-corrected chi connectivity index (χ2v) is 6.91. The number of pyridine rings is 1. The first-order chi connectivity index (χ1) is 12.2. The second kappa shape index (κ2) is 8.30. The van der Waals surface area contributed by atoms with Crippen LogP contribution < -0.4 is 10.2 Å². The van der Waals surface area contributed by atoms with Crippen LogP contribution in [0.4, 0.5) is 11.5 Å². The van der Waals surface area contributed by atoms with Crippen LogP contribution in [0, 0.1) is 0 Å². The lowest BCUT2D eigenvalue weighted by atomic mass is 9.99. The summed E-state index contributed by atoms with van der Waals surface area (Å²) in [7, 11) is 0. The van der Waals surface area contributed by atoms with Gasteiger partial charge in [0.2, 0.25) is 0 Å². The maximum atomic E-state index is 5.60. The van der Waals surface area contributed by atoms with Crippen molar-refractivity contribution in [2.75, 3.05) is 36.4 Å². The van der Waals surface area contributed by atoms with E-state index in [1.807, 2.05) is 18.3 Å². The van der Waals surface area contributed by atoms with Crippen LogP contribution in [0.1, 0.15) is 31.7 Å². The molecule has 0 saturated carbocycles. The van der Waals surface area contributed by atoms with Gasteiger partial charge in [0.05, 0.1) is 0 Å². The van der Waals surface area contributed by atoms with E-state index in [9.17, 15) is 0 Å². The highest BCUT2D eigenvalue weighted by molar-refractivity contribution is 7.80. The van der Waals surface area contributed by atoms with Crippen molar-refractivity contribution in [1.82, 2.24) is 9.88 Å². The zero-order valence-corrected chi connectivity index (χ0v) is 15.8. The van der Waals surface area contributed by atoms with Gasteiger partial charge in [0.15, 0.2) is 5.11 Å². The molecule has 0 spiro atoms. The van der Waals surface area contributed by atoms with Crippen molar-refractivity contribution >= 4 is 28.8 Å². The minimum Gasteiger partial charge on any atom is -0.353 e. The van der Waals surface area contributed by atoms with Crippen LogP contribution >= 0.6 is 12.2 Å². The molecule has 2 aromatic rings. The Hall–Kier alpha value is -2.14. The highest BCUT2D eigenvalue weighted by Crippen LogP contribution is 2.21. The Labute approximate surface area is 155 Å². The van der Waals surface area contributed by atoms with Gasteiger partial charge < -0.3 is 15.1 Å². The summed E-state index contributed by atoms with van der Waals surface area (Å²) in [6.07, 6.45) is 3.00. The molecule has 0 bridgehead atoms. The number of piperazine rings is 1. The standard InChI is InChI=1S/C20H26N4S/c1-3-16(2)17-7-9-18(10-8-17)22-20(25)24-14-12-23(13-15-24)19-6-4-5-11-21-19/h4-11,16H,3,12-15H2,1-2H3,(H,22,25)/t16-/m1/s1. The van der Waals surface area contributed by atoms with E-state index in [1.54, 1.807) is 0 Å². The van der Waals surface area contributed by atoms with E-state index >= 15 is 0 Å². The summed E-state index contributed by atoms with van der Waals surface area (Å²) in [5.41, 5.74) is 2.44. The van der Waals surface area contributed by atoms with Crippen molar-refractivity contribution in [3.05, 3.63) is 54.2 Å². The molecule has 3 rings (SSSR count). The number of hydrogen-bond donors (Lipinski definition) is 1. The monoisotopic (exact) mass is 354 g/mol. The van der Waals surface area contributed by atoms with Crippen molar-refractivity contribution in [3.63, 3.8) is 0 Å². The molecule has 0 unspecified atom stereocenters. The van der Waals surface area contributed by atoms with E-state index in [0.29, 0.717) is 5.92 Å². The lowest BCUT2D eigenvalue weighted by Crippen LogP contribution is -2.50. The van der Waals surface area contributed by atoms with Gasteiger partial charge >= 0.3 is 0 Å². The topological polar surface area (TPSA) is 31.4 Å². The fourth-order valence-corrected chi connectivity index (χ4v) is 3.31. The van der Waals surface area contributed by atoms with Crippen molar-refractivity contribution in [1.29, 1.82) is 0 Å². The predicted octanol–water partition coefficient (Wildman–Crippen LogP) is 4.11. The molecule has 132 valence electrons. The normalized spacial score (nSPS) is 15.8. The molecule has 1 saturated heterocycles. The van der Waals surface area contributed by atoms with Crippen LogP contribution in [0.5, 0.6) is 0 Å². The first-order valence-corrected chi connectivity index (χ1v) is 9.40. The number of hydrogen-bond acceptors (Lipinski definition) is 3. The van der Waals surface area contributed by atoms with E-state index in [1.165, 1.54) is 5.56 Å². The Morgan fingerprint density at radius 3 is 2.44 bits per heavy atom. The molecular weight excluding hydrogens is 328 g/mol. The van der Waals surface area contributed by atoms with Crippen LogP contribution in [-0.4, -0.2) is 41.2 Å². The lowest BCUT2D eigenvalue weighted by Gasteiger charge is -2.36. The fourth-order valence-electron chi connectivity index (χ4n) is 3.01. The molecule has 5 heteroatoms. The fraction of sp³-hybridized carbons (Fsp3) is 0.400. The Bertz CT molecular complexity index is 679. The molecule has 1 fully saturated rings. The zero-order valence-electron chi connectivity index (χ0n) is 15.0. The number of thiocarbonyl (C=S) groups is 1. The molecule has 1 aromatic carbocycles. The third-order valence-electron chi connectivity index (χ3n) is 4.88. The first kappa shape index (κ1) is 17.7. The van der Waals surface area contributed by atoms with E-state index < -0.39 is 0 Å². The minimum atomic E-state index is 0.598. The van der Waals surface area contributed by atoms with Crippen LogP contribution in [0.15, 0.2) is 48.7 Å². The van der Waals surface area contributed by atoms with Crippen LogP contribution in [-0.2, 0) is 0 Å². The molecule has 0 amide bonds. The van der Waals surface area contributed by atoms with Gasteiger partial charge in [-0.25, -0.2) is 4.98 Å². The average Bonchev–Trinajstić information content (AvgIpc) is 2.68. The molecule has 4 nitrogen and oxygen atoms in total. The maximum absolute atomic E-state index is 5.60. The highest BCUT2D eigenvalue weighted by atomic mass is 32.1. The third-order valence-corrected chi connectivity index (χ3v) is 5.24. The summed E-state index contributed by atoms with van der Waals surface area (Å²) in [6.45, 7) is 8.17. The predicted molar refractivity (Wildman–Crippen MR) is 109 cm³/mol. The molecular formula is C20H26N4S. The Morgan fingerprint density at radius 1 is 1.12 bits per heavy atom. The highest BCUT2D eigenvalue weighted by Gasteiger charge is 2.19. The number of benzene rings is 1. The summed E-state index contributed by atoms with van der Waals surface area (Å²) < 4.78 is 0. The van der Waals surface area contributed by atoms with Gasteiger partial charge in [-0.15, -0.1) is 0 Å². The molecule has 1 aliphatic rings. The number of nitrogens with zero attached hydrogens (tertiary/aromatic N) is 3. The van der Waals surface area contributed by atoms with Crippen LogP contribution in [0.2, 0.25) is 0 Å². The molecule has 25 heavy (non-hydrogen) atoms. The van der Waals surface area contributed by atoms with E-state index in [0.717, 1.165) is 49.2 Å². The molecule has 1 aromatic heterocycles. The molecule has 1 N–H and O–H groups in total. The summed E-state index contributed by atoms with van der Waals surface area (Å²) >= 11 is 5.60. The number of aromatic nitrogens is 1. The molecule has 1 atom stereocenters. The van der Waals surface area contributed by atoms with Crippen molar-refractivity contribution in [2.45, 2.75) is 26.2 Å². The number of rotatable bonds is 4. The molecule has 2 heterocycles. The SMILES string of the molecule is CC[C@@H](C)c1ccc(NC(=S)N2CCN(c3ccccn3)CC2)cc1. The first-order valence-electron chi connectivity index (χ1n) is 8.99. The van der Waals surface area contributed by atoms with Gasteiger partial charge in [-0.2, -0.15) is 0 Å². The van der Waals surface area contributed by atoms with Gasteiger partial charge in [-0.1, -0.05) is 32.0 Å². The zero-order chi connectivity index (χ0) is 17.6. The Balaban J connectivity index is 1.53. The van der Waals surface area contributed by atoms with Gasteiger partial charge in [0, 0.05) is 38.1 Å². The number of nitrogens with one attached hydrogen (secondary N) is 1. The van der Waals surface area contributed by atoms with Gasteiger partial charge in [-0.05, 0) is 54.4 Å². The Kier molecular flexibility index (Phi) is 5.87. The van der Waals surface area contributed by atoms with E-state index in [-0.39, 0.29) is 0 Å². The quantitative estimate of drug-likeness (QED) is 0.835. The van der Waals surface area contributed by atoms with Gasteiger partial charge in [0.25, 0.3) is 0 Å². The smallest absolute Gasteiger partial charge is 0.173 e. The Morgan fingerprint density at radius 2 is 1.84 bits per heavy atom. The van der Waals surface area contributed by atoms with Crippen molar-refractivity contribution < 1.29 is 0 Å². The molecule has 1 aliphatic heterocycles. The largest absolute Gasteiger partial charge is 0.353 e. The van der Waals surface area contributed by atoms with Crippen LogP contribution in [0.25, 0.3) is 0 Å². The minimum absolute atomic E-state index is 0.598. The molecule has 0 radical (unpaired) electrons. The summed E-state index contributed by atoms with van der Waals surface area (Å²) in [5, 5.41) is 4.18. The van der Waals surface area contributed by atoms with Crippen molar-refractivity contribution in [3.8, 4) is 0 Å². The maximum Gasteiger partial charge on any atom is 0.173 e. The average molecular weight is 355 g/mol. The van der Waals surface area contributed by atoms with Crippen LogP contribution in [0.3, 0.4) is 0 Å². The summed E-state index contributed by atoms with van der Waals surface area (Å²) in [4.78, 5) is 8.97. The lowest BCUT2D eigenvalue weighted by molar-refractivity contribution is 0.389. The summed E-state index contributed by atoms with van der Waals surface area (Å²) in [5.74, 6) is 1.64. The third kappa shape index (κ3) is 4.48.